The number of para-hydroxylation sites is 1. The number of hydrogen-bond donors (Lipinski definition) is 0. The molecule has 0 bridgehead atoms. The maximum atomic E-state index is 13.4. The second-order valence-electron chi connectivity index (χ2n) is 6.67. The summed E-state index contributed by atoms with van der Waals surface area (Å²) in [6.45, 7) is 3.30. The molecule has 29 heavy (non-hydrogen) atoms. The van der Waals surface area contributed by atoms with E-state index in [1.54, 1.807) is 37.1 Å². The second-order valence-corrected chi connectivity index (χ2v) is 7.68. The maximum absolute atomic E-state index is 13.4. The lowest BCUT2D eigenvalue weighted by Crippen LogP contribution is -2.39. The van der Waals surface area contributed by atoms with Crippen LogP contribution in [0.3, 0.4) is 0 Å². The quantitative estimate of drug-likeness (QED) is 0.667. The van der Waals surface area contributed by atoms with Crippen molar-refractivity contribution < 1.29 is 9.53 Å². The van der Waals surface area contributed by atoms with E-state index in [4.69, 9.17) is 4.74 Å². The monoisotopic (exact) mass is 405 g/mol. The number of Topliss-reactive ketones (excluding diaryl/α,β-unsaturated/α-hetero) is 1. The topological polar surface area (TPSA) is 73.6 Å². The summed E-state index contributed by atoms with van der Waals surface area (Å²) in [6, 6.07) is 10.6. The van der Waals surface area contributed by atoms with Gasteiger partial charge < -0.3 is 4.74 Å². The van der Waals surface area contributed by atoms with Gasteiger partial charge in [0, 0.05) is 29.2 Å². The normalized spacial score (nSPS) is 16.4. The van der Waals surface area contributed by atoms with Crippen molar-refractivity contribution in [2.45, 2.75) is 19.9 Å². The number of carbonyl (C=O) groups excluding carboxylic acids is 1. The number of ketones is 1. The number of benzene rings is 1. The molecule has 0 unspecified atom stereocenters. The Morgan fingerprint density at radius 1 is 1.24 bits per heavy atom. The molecule has 146 valence electrons. The molecule has 3 heterocycles. The van der Waals surface area contributed by atoms with Crippen LogP contribution in [0.15, 0.2) is 69.8 Å². The summed E-state index contributed by atoms with van der Waals surface area (Å²) >= 11 is 1.30. The smallest absolute Gasteiger partial charge is 0.271 e. The average molecular weight is 405 g/mol. The highest BCUT2D eigenvalue weighted by molar-refractivity contribution is 7.07. The van der Waals surface area contributed by atoms with E-state index < -0.39 is 6.04 Å². The van der Waals surface area contributed by atoms with E-state index in [9.17, 15) is 9.59 Å². The summed E-state index contributed by atoms with van der Waals surface area (Å²) in [4.78, 5) is 35.1. The number of methoxy groups -OCH3 is 1. The van der Waals surface area contributed by atoms with E-state index in [0.29, 0.717) is 26.4 Å². The molecule has 0 fully saturated rings. The van der Waals surface area contributed by atoms with Gasteiger partial charge in [0.05, 0.1) is 17.7 Å². The van der Waals surface area contributed by atoms with Crippen molar-refractivity contribution in [3.63, 3.8) is 0 Å². The molecule has 0 aliphatic carbocycles. The Morgan fingerprint density at radius 2 is 2.03 bits per heavy atom. The van der Waals surface area contributed by atoms with Crippen LogP contribution in [0.25, 0.3) is 6.08 Å². The number of allylic oxidation sites excluding steroid dienone is 2. The number of carbonyl (C=O) groups is 1. The first-order chi connectivity index (χ1) is 14.0. The van der Waals surface area contributed by atoms with Gasteiger partial charge in [-0.3, -0.25) is 19.1 Å². The Kier molecular flexibility index (Phi) is 4.98. The number of rotatable bonds is 4. The molecular weight excluding hydrogens is 386 g/mol. The molecule has 0 radical (unpaired) electrons. The molecule has 1 aliphatic rings. The third-order valence-electron chi connectivity index (χ3n) is 4.82. The highest BCUT2D eigenvalue weighted by Gasteiger charge is 2.32. The maximum Gasteiger partial charge on any atom is 0.271 e. The van der Waals surface area contributed by atoms with Crippen LogP contribution in [0.5, 0.6) is 5.75 Å². The minimum atomic E-state index is -0.587. The van der Waals surface area contributed by atoms with E-state index in [1.165, 1.54) is 18.3 Å². The number of fused-ring (bicyclic) bond motifs is 1. The van der Waals surface area contributed by atoms with Gasteiger partial charge in [0.1, 0.15) is 5.75 Å². The number of nitrogens with zero attached hydrogens (tertiary/aromatic N) is 3. The number of hydrogen-bond acceptors (Lipinski definition) is 6. The van der Waals surface area contributed by atoms with Gasteiger partial charge in [-0.2, -0.15) is 0 Å². The van der Waals surface area contributed by atoms with Crippen LogP contribution in [0.2, 0.25) is 0 Å². The molecule has 6 nitrogen and oxygen atoms in total. The van der Waals surface area contributed by atoms with Gasteiger partial charge in [-0.1, -0.05) is 35.6 Å². The minimum absolute atomic E-state index is 0.122. The largest absolute Gasteiger partial charge is 0.496 e. The van der Waals surface area contributed by atoms with Gasteiger partial charge in [0.25, 0.3) is 5.56 Å². The third-order valence-corrected chi connectivity index (χ3v) is 5.80. The number of pyridine rings is 1. The summed E-state index contributed by atoms with van der Waals surface area (Å²) in [6.07, 6.45) is 5.17. The first-order valence-electron chi connectivity index (χ1n) is 9.07. The first-order valence-corrected chi connectivity index (χ1v) is 9.89. The Hall–Kier alpha value is -3.32. The van der Waals surface area contributed by atoms with Crippen molar-refractivity contribution in [2.75, 3.05) is 7.11 Å². The predicted octanol–water partition coefficient (Wildman–Crippen LogP) is 2.23. The molecule has 7 heteroatoms. The third kappa shape index (κ3) is 3.34. The van der Waals surface area contributed by atoms with Crippen molar-refractivity contribution >= 4 is 23.2 Å². The molecule has 4 rings (SSSR count). The van der Waals surface area contributed by atoms with Crippen LogP contribution in [0, 0.1) is 0 Å². The molecule has 1 atom stereocenters. The van der Waals surface area contributed by atoms with E-state index in [0.717, 1.165) is 11.1 Å². The second kappa shape index (κ2) is 7.60. The van der Waals surface area contributed by atoms with Gasteiger partial charge in [0.15, 0.2) is 10.6 Å². The summed E-state index contributed by atoms with van der Waals surface area (Å²) in [5, 5.41) is 0. The van der Waals surface area contributed by atoms with Crippen LogP contribution in [-0.4, -0.2) is 22.4 Å². The molecule has 2 aromatic heterocycles. The van der Waals surface area contributed by atoms with Gasteiger partial charge in [-0.25, -0.2) is 4.99 Å². The predicted molar refractivity (Wildman–Crippen MR) is 112 cm³/mol. The van der Waals surface area contributed by atoms with Crippen molar-refractivity contribution in [2.24, 2.45) is 4.99 Å². The fraction of sp³-hybridized carbons (Fsp3) is 0.182. The minimum Gasteiger partial charge on any atom is -0.496 e. The van der Waals surface area contributed by atoms with Crippen LogP contribution in [0.1, 0.15) is 31.0 Å². The standard InChI is InChI=1S/C22H19N3O3S/c1-13-19(14(2)26)20(16-8-4-5-9-17(16)28-3)25-21(27)18(29-22(25)24-13)11-15-7-6-10-23-12-15/h4-12,20H,1-3H3/b18-11+/t20-/m1/s1. The number of thiazole rings is 1. The zero-order valence-electron chi connectivity index (χ0n) is 16.2. The van der Waals surface area contributed by atoms with Crippen LogP contribution in [-0.2, 0) is 4.79 Å². The van der Waals surface area contributed by atoms with E-state index >= 15 is 0 Å². The number of aromatic nitrogens is 2. The van der Waals surface area contributed by atoms with Crippen LogP contribution in [0.4, 0.5) is 0 Å². The summed E-state index contributed by atoms with van der Waals surface area (Å²) in [5.41, 5.74) is 2.50. The van der Waals surface area contributed by atoms with Gasteiger partial charge in [-0.05, 0) is 37.6 Å². The molecule has 1 aromatic carbocycles. The fourth-order valence-electron chi connectivity index (χ4n) is 3.57. The van der Waals surface area contributed by atoms with Crippen molar-refractivity contribution in [3.8, 4) is 5.75 Å². The first kappa shape index (κ1) is 19.0. The summed E-state index contributed by atoms with van der Waals surface area (Å²) in [7, 11) is 1.58. The van der Waals surface area contributed by atoms with Crippen molar-refractivity contribution in [1.29, 1.82) is 0 Å². The van der Waals surface area contributed by atoms with E-state index in [-0.39, 0.29) is 11.3 Å². The highest BCUT2D eigenvalue weighted by atomic mass is 32.1. The Balaban J connectivity index is 2.03. The Labute approximate surface area is 171 Å². The van der Waals surface area contributed by atoms with Gasteiger partial charge >= 0.3 is 0 Å². The zero-order chi connectivity index (χ0) is 20.5. The molecule has 0 saturated heterocycles. The molecule has 3 aromatic rings. The Bertz CT molecular complexity index is 1300. The van der Waals surface area contributed by atoms with Crippen LogP contribution < -0.4 is 19.6 Å². The number of ether oxygens (including phenoxy) is 1. The average Bonchev–Trinajstić information content (AvgIpc) is 3.02. The SMILES string of the molecule is COc1ccccc1[C@@H]1C(C(C)=O)=C(C)N=c2s/c(=C/c3cccnc3)c(=O)n21. The van der Waals surface area contributed by atoms with Crippen molar-refractivity contribution in [3.05, 3.63) is 90.9 Å². The molecule has 0 spiro atoms. The van der Waals surface area contributed by atoms with E-state index in [2.05, 4.69) is 9.98 Å². The Morgan fingerprint density at radius 3 is 2.72 bits per heavy atom. The summed E-state index contributed by atoms with van der Waals surface area (Å²) in [5.74, 6) is 0.497. The summed E-state index contributed by atoms with van der Waals surface area (Å²) < 4.78 is 7.65. The molecule has 0 N–H and O–H groups in total. The van der Waals surface area contributed by atoms with Gasteiger partial charge in [0.2, 0.25) is 0 Å². The zero-order valence-corrected chi connectivity index (χ0v) is 17.1. The lowest BCUT2D eigenvalue weighted by atomic mass is 9.93. The van der Waals surface area contributed by atoms with Crippen LogP contribution >= 0.6 is 11.3 Å². The highest BCUT2D eigenvalue weighted by Crippen LogP contribution is 2.35. The lowest BCUT2D eigenvalue weighted by molar-refractivity contribution is -0.114. The fourth-order valence-corrected chi connectivity index (χ4v) is 4.62. The molecule has 0 amide bonds. The molecule has 1 aliphatic heterocycles. The molecular formula is C22H19N3O3S. The van der Waals surface area contributed by atoms with Crippen molar-refractivity contribution in [1.82, 2.24) is 9.55 Å². The lowest BCUT2D eigenvalue weighted by Gasteiger charge is -2.25. The van der Waals surface area contributed by atoms with E-state index in [1.807, 2.05) is 36.4 Å². The molecule has 0 saturated carbocycles. The van der Waals surface area contributed by atoms with Gasteiger partial charge in [-0.15, -0.1) is 0 Å².